The molecule has 0 radical (unpaired) electrons. The summed E-state index contributed by atoms with van der Waals surface area (Å²) in [6.07, 6.45) is 11.9. The molecule has 10 nitrogen and oxygen atoms in total. The lowest BCUT2D eigenvalue weighted by molar-refractivity contribution is 0.456. The van der Waals surface area contributed by atoms with Crippen molar-refractivity contribution in [2.75, 3.05) is 0 Å². The summed E-state index contributed by atoms with van der Waals surface area (Å²) in [6.45, 7) is 24.7. The van der Waals surface area contributed by atoms with Crippen LogP contribution in [-0.4, -0.2) is 51.1 Å². The van der Waals surface area contributed by atoms with E-state index in [9.17, 15) is 51.1 Å². The van der Waals surface area contributed by atoms with E-state index in [1.807, 2.05) is 155 Å². The number of benzene rings is 10. The highest BCUT2D eigenvalue weighted by Crippen LogP contribution is 2.35. The molecule has 544 valence electrons. The van der Waals surface area contributed by atoms with Crippen LogP contribution in [0.3, 0.4) is 0 Å². The van der Waals surface area contributed by atoms with Gasteiger partial charge in [-0.15, -0.1) is 0 Å². The van der Waals surface area contributed by atoms with Crippen molar-refractivity contribution in [2.45, 2.75) is 209 Å². The van der Waals surface area contributed by atoms with Crippen LogP contribution in [-0.2, 0) is 96.3 Å². The van der Waals surface area contributed by atoms with Gasteiger partial charge in [-0.25, -0.2) is 0 Å². The molecule has 0 aliphatic carbocycles. The van der Waals surface area contributed by atoms with Crippen molar-refractivity contribution in [3.8, 4) is 57.5 Å². The molecule has 10 aromatic carbocycles. The van der Waals surface area contributed by atoms with Crippen molar-refractivity contribution in [2.24, 2.45) is 0 Å². The number of hydrogen-bond acceptors (Lipinski definition) is 10. The van der Waals surface area contributed by atoms with Gasteiger partial charge in [0.25, 0.3) is 0 Å². The quantitative estimate of drug-likeness (QED) is 0.0350. The maximum Gasteiger partial charge on any atom is 0.122 e. The average Bonchev–Trinajstić information content (AvgIpc) is 0.829. The molecule has 0 saturated carbocycles. The first-order chi connectivity index (χ1) is 46.6. The van der Waals surface area contributed by atoms with E-state index in [2.05, 4.69) is 55.4 Å². The maximum absolute atomic E-state index is 10.2. The number of aromatic hydroxyl groups is 10. The Morgan fingerprint density at radius 3 is 0.713 bits per heavy atom. The normalized spacial score (nSPS) is 10.3. The summed E-state index contributed by atoms with van der Waals surface area (Å²) in [5.74, 6) is 3.38. The Labute approximate surface area is 606 Å². The highest BCUT2D eigenvalue weighted by atomic mass is 16.3. The first-order valence-electron chi connectivity index (χ1n) is 34.6. The summed E-state index contributed by atoms with van der Waals surface area (Å²) in [5.41, 5.74) is 22.7. The van der Waals surface area contributed by atoms with E-state index in [0.717, 1.165) is 149 Å². The van der Waals surface area contributed by atoms with Gasteiger partial charge in [-0.3, -0.25) is 0 Å². The smallest absolute Gasteiger partial charge is 0.122 e. The maximum atomic E-state index is 10.2. The fraction of sp³-hybridized carbons (Fsp3) is 0.341. The first-order valence-corrected chi connectivity index (χ1v) is 34.6. The molecule has 0 amide bonds. The van der Waals surface area contributed by atoms with Crippen LogP contribution >= 0.6 is 0 Å². The zero-order chi connectivity index (χ0) is 70.9. The zero-order valence-corrected chi connectivity index (χ0v) is 59.2. The highest BCUT2D eigenvalue weighted by molar-refractivity contribution is 5.52. The molecule has 0 unspecified atom stereocenters. The van der Waals surface area contributed by atoms with Crippen molar-refractivity contribution < 1.29 is 51.1 Å². The van der Waals surface area contributed by atoms with Gasteiger partial charge in [-0.2, -0.15) is 0 Å². The Kier molecular flexibility index (Phi) is 37.2. The van der Waals surface area contributed by atoms with Gasteiger partial charge in [0, 0.05) is 25.7 Å². The van der Waals surface area contributed by atoms with Crippen molar-refractivity contribution in [1.82, 2.24) is 0 Å². The summed E-state index contributed by atoms with van der Waals surface area (Å²) in [7, 11) is 0. The summed E-state index contributed by atoms with van der Waals surface area (Å²) >= 11 is 0. The standard InChI is InChI=1S/C19H24O2.4C17H20O2.4CH4/c1-5-16-12(3)14(7-9-18(16)20)11-15-8-10-19(21)17(6-2)13(15)4;1-3-12-5-7-17(19)15(9-12)11-13-6-8-16(18)14(4-2)10-13;1-3-12-5-7-16(18)14(9-12)11-15-10-13(4-2)6-8-17(15)19;1-3-12-7-5-9-14(16(12)18)11-15-10-6-8-13(4-2)17(15)19;1-3-12-8-9-16(18)15(10-12)11-14-7-5-6-13(4-2)17(14)19;;;;/h7-10,20-21H,5-6,11H2,1-4H3;4*5-10,18-19H,3-4,11H2,1-2H3;4*1H4. The van der Waals surface area contributed by atoms with E-state index in [1.165, 1.54) is 44.5 Å². The molecule has 0 fully saturated rings. The topological polar surface area (TPSA) is 202 Å². The lowest BCUT2D eigenvalue weighted by atomic mass is 9.91. The lowest BCUT2D eigenvalue weighted by Gasteiger charge is -2.15. The van der Waals surface area contributed by atoms with E-state index in [1.54, 1.807) is 42.5 Å². The minimum atomic E-state index is 0. The number of para-hydroxylation sites is 3. The van der Waals surface area contributed by atoms with Crippen LogP contribution in [0.4, 0.5) is 0 Å². The number of phenolic OH excluding ortho intramolecular Hbond substituents is 10. The monoisotopic (exact) mass is 1370 g/mol. The van der Waals surface area contributed by atoms with Crippen LogP contribution in [0.5, 0.6) is 57.5 Å². The van der Waals surface area contributed by atoms with Crippen LogP contribution in [0, 0.1) is 13.8 Å². The van der Waals surface area contributed by atoms with Gasteiger partial charge in [-0.05, 0) is 249 Å². The van der Waals surface area contributed by atoms with Crippen molar-refractivity contribution in [1.29, 1.82) is 0 Å². The molecule has 0 saturated heterocycles. The van der Waals surface area contributed by atoms with E-state index >= 15 is 0 Å². The van der Waals surface area contributed by atoms with E-state index in [0.29, 0.717) is 83.2 Å². The molecule has 10 aromatic rings. The van der Waals surface area contributed by atoms with Crippen molar-refractivity contribution in [3.63, 3.8) is 0 Å². The zero-order valence-electron chi connectivity index (χ0n) is 59.2. The molecule has 0 heterocycles. The second kappa shape index (κ2) is 43.0. The third kappa shape index (κ3) is 23.9. The third-order valence-corrected chi connectivity index (χ3v) is 18.5. The summed E-state index contributed by atoms with van der Waals surface area (Å²) in [4.78, 5) is 0. The van der Waals surface area contributed by atoms with Crippen LogP contribution < -0.4 is 0 Å². The number of phenols is 10. The summed E-state index contributed by atoms with van der Waals surface area (Å²) < 4.78 is 0. The molecule has 0 aromatic heterocycles. The fourth-order valence-corrected chi connectivity index (χ4v) is 12.1. The molecular formula is C91H120O10. The number of rotatable bonds is 20. The van der Waals surface area contributed by atoms with Gasteiger partial charge in [0.15, 0.2) is 0 Å². The minimum Gasteiger partial charge on any atom is -0.508 e. The van der Waals surface area contributed by atoms with Gasteiger partial charge >= 0.3 is 0 Å². The predicted molar refractivity (Wildman–Crippen MR) is 425 cm³/mol. The summed E-state index contributed by atoms with van der Waals surface area (Å²) in [5, 5.41) is 99.8. The van der Waals surface area contributed by atoms with Gasteiger partial charge in [-0.1, -0.05) is 226 Å². The van der Waals surface area contributed by atoms with E-state index < -0.39 is 0 Å². The third-order valence-electron chi connectivity index (χ3n) is 18.5. The Morgan fingerprint density at radius 1 is 0.198 bits per heavy atom. The Balaban J connectivity index is 0.000000425. The van der Waals surface area contributed by atoms with Gasteiger partial charge < -0.3 is 51.1 Å². The number of hydrogen-bond donors (Lipinski definition) is 10. The van der Waals surface area contributed by atoms with E-state index in [4.69, 9.17) is 0 Å². The highest BCUT2D eigenvalue weighted by Gasteiger charge is 2.16. The van der Waals surface area contributed by atoms with Crippen molar-refractivity contribution >= 4 is 0 Å². The predicted octanol–water partition coefficient (Wildman–Crippen LogP) is 22.2. The Bertz CT molecular complexity index is 3890. The molecule has 0 atom stereocenters. The molecule has 0 spiro atoms. The molecule has 0 aliphatic rings. The Morgan fingerprint density at radius 2 is 0.426 bits per heavy atom. The van der Waals surface area contributed by atoms with Gasteiger partial charge in [0.2, 0.25) is 0 Å². The number of aryl methyl sites for hydroxylation is 8. The molecule has 10 rings (SSSR count). The minimum absolute atomic E-state index is 0. The second-order valence-corrected chi connectivity index (χ2v) is 24.7. The largest absolute Gasteiger partial charge is 0.508 e. The molecule has 10 heteroatoms. The van der Waals surface area contributed by atoms with Crippen LogP contribution in [0.2, 0.25) is 0 Å². The lowest BCUT2D eigenvalue weighted by Crippen LogP contribution is -2.00. The average molecular weight is 1370 g/mol. The molecule has 0 bridgehead atoms. The van der Waals surface area contributed by atoms with Crippen LogP contribution in [0.15, 0.2) is 170 Å². The van der Waals surface area contributed by atoms with Gasteiger partial charge in [0.05, 0.1) is 0 Å². The Hall–Kier alpha value is -9.80. The molecule has 10 N–H and O–H groups in total. The first kappa shape index (κ1) is 87.3. The summed E-state index contributed by atoms with van der Waals surface area (Å²) in [6, 6.07) is 53.4. The van der Waals surface area contributed by atoms with Gasteiger partial charge in [0.1, 0.15) is 57.5 Å². The molecule has 101 heavy (non-hydrogen) atoms. The molecule has 0 aliphatic heterocycles. The van der Waals surface area contributed by atoms with Crippen molar-refractivity contribution in [3.05, 3.63) is 292 Å². The van der Waals surface area contributed by atoms with E-state index in [-0.39, 0.29) is 29.7 Å². The second-order valence-electron chi connectivity index (χ2n) is 24.7. The fourth-order valence-electron chi connectivity index (χ4n) is 12.1. The van der Waals surface area contributed by atoms with Crippen LogP contribution in [0.1, 0.15) is 221 Å². The molecular weight excluding hydrogens is 1250 g/mol. The SMILES string of the molecule is C.C.C.C.CCc1c(O)ccc(Cc2ccc(O)c(CC)c2C)c1C.CCc1ccc(O)c(Cc2cc(CC)ccc2O)c1.CCc1ccc(O)c(Cc2ccc(O)c(CC)c2)c1.CCc1ccc(O)c(Cc2cccc(CC)c2O)c1.CCc1cccc(Cc2cccc(CC)c2O)c1O. The van der Waals surface area contributed by atoms with Crippen LogP contribution in [0.25, 0.3) is 0 Å².